The summed E-state index contributed by atoms with van der Waals surface area (Å²) in [5.41, 5.74) is 5.47. The Morgan fingerprint density at radius 2 is 1.86 bits per heavy atom. The van der Waals surface area contributed by atoms with Crippen LogP contribution in [0.15, 0.2) is 41.3 Å². The molecule has 5 nitrogen and oxygen atoms in total. The van der Waals surface area contributed by atoms with E-state index >= 15 is 0 Å². The van der Waals surface area contributed by atoms with E-state index in [1.54, 1.807) is 0 Å². The van der Waals surface area contributed by atoms with Gasteiger partial charge in [0.2, 0.25) is 0 Å². The number of nitrogen functional groups attached to an aromatic ring is 1. The lowest BCUT2D eigenvalue weighted by molar-refractivity contribution is 0.387. The van der Waals surface area contributed by atoms with E-state index in [-0.39, 0.29) is 22.0 Å². The summed E-state index contributed by atoms with van der Waals surface area (Å²) >= 11 is 0. The highest BCUT2D eigenvalue weighted by Crippen LogP contribution is 2.24. The first-order valence-corrected chi connectivity index (χ1v) is 7.22. The highest BCUT2D eigenvalue weighted by Gasteiger charge is 2.17. The van der Waals surface area contributed by atoms with Crippen LogP contribution in [0.25, 0.3) is 0 Å². The van der Waals surface area contributed by atoms with Crippen LogP contribution in [-0.4, -0.2) is 15.5 Å². The van der Waals surface area contributed by atoms with Crippen LogP contribution in [0, 0.1) is 11.6 Å². The third-order valence-electron chi connectivity index (χ3n) is 2.61. The monoisotopic (exact) mass is 314 g/mol. The van der Waals surface area contributed by atoms with Crippen molar-refractivity contribution in [3.63, 3.8) is 0 Å². The van der Waals surface area contributed by atoms with Crippen LogP contribution >= 0.6 is 0 Å². The molecule has 112 valence electrons. The maximum atomic E-state index is 13.3. The van der Waals surface area contributed by atoms with Gasteiger partial charge in [-0.3, -0.25) is 4.72 Å². The van der Waals surface area contributed by atoms with Gasteiger partial charge in [-0.05, 0) is 30.3 Å². The van der Waals surface area contributed by atoms with E-state index < -0.39 is 21.7 Å². The maximum Gasteiger partial charge on any atom is 0.262 e. The van der Waals surface area contributed by atoms with Gasteiger partial charge in [0.1, 0.15) is 5.82 Å². The average Bonchev–Trinajstić information content (AvgIpc) is 2.39. The number of hydrogen-bond acceptors (Lipinski definition) is 4. The van der Waals surface area contributed by atoms with Crippen molar-refractivity contribution in [3.05, 3.63) is 48.0 Å². The largest absolute Gasteiger partial charge is 0.494 e. The predicted molar refractivity (Wildman–Crippen MR) is 74.6 cm³/mol. The summed E-state index contributed by atoms with van der Waals surface area (Å²) in [4.78, 5) is -0.330. The van der Waals surface area contributed by atoms with Crippen molar-refractivity contribution in [2.45, 2.75) is 4.90 Å². The minimum Gasteiger partial charge on any atom is -0.494 e. The summed E-state index contributed by atoms with van der Waals surface area (Å²) in [6.45, 7) is 0. The summed E-state index contributed by atoms with van der Waals surface area (Å²) in [6.07, 6.45) is 0. The lowest BCUT2D eigenvalue weighted by atomic mass is 10.3. The molecular formula is C13H12F2N2O3S. The number of nitrogens with two attached hydrogens (primary N) is 1. The molecule has 2 aromatic rings. The fourth-order valence-electron chi connectivity index (χ4n) is 1.68. The second kappa shape index (κ2) is 5.57. The molecule has 0 spiro atoms. The molecule has 0 atom stereocenters. The molecular weight excluding hydrogens is 302 g/mol. The molecule has 0 aliphatic carbocycles. The normalized spacial score (nSPS) is 11.2. The molecule has 0 saturated carbocycles. The molecule has 3 N–H and O–H groups in total. The molecule has 0 unspecified atom stereocenters. The van der Waals surface area contributed by atoms with Crippen molar-refractivity contribution in [2.24, 2.45) is 0 Å². The standard InChI is InChI=1S/C13H12F2N2O3S/c1-20-13-7-10(2-3-12(13)15)17-21(18,19)11-5-8(14)4-9(16)6-11/h2-7,17H,16H2,1H3. The van der Waals surface area contributed by atoms with Crippen molar-refractivity contribution in [1.29, 1.82) is 0 Å². The lowest BCUT2D eigenvalue weighted by Gasteiger charge is -2.10. The minimum absolute atomic E-state index is 0.0212. The first-order chi connectivity index (χ1) is 9.81. The zero-order chi connectivity index (χ0) is 15.6. The smallest absolute Gasteiger partial charge is 0.262 e. The highest BCUT2D eigenvalue weighted by molar-refractivity contribution is 7.92. The van der Waals surface area contributed by atoms with Gasteiger partial charge in [-0.1, -0.05) is 0 Å². The summed E-state index contributed by atoms with van der Waals surface area (Å²) in [6, 6.07) is 6.40. The Labute approximate surface area is 120 Å². The van der Waals surface area contributed by atoms with Crippen LogP contribution in [-0.2, 0) is 10.0 Å². The fourth-order valence-corrected chi connectivity index (χ4v) is 2.79. The number of methoxy groups -OCH3 is 1. The number of rotatable bonds is 4. The van der Waals surface area contributed by atoms with Gasteiger partial charge in [0.15, 0.2) is 11.6 Å². The van der Waals surface area contributed by atoms with E-state index in [9.17, 15) is 17.2 Å². The Hall–Kier alpha value is -2.35. The number of benzene rings is 2. The fraction of sp³-hybridized carbons (Fsp3) is 0.0769. The second-order valence-electron chi connectivity index (χ2n) is 4.18. The van der Waals surface area contributed by atoms with Crippen molar-refractivity contribution in [3.8, 4) is 5.75 Å². The van der Waals surface area contributed by atoms with E-state index in [4.69, 9.17) is 10.5 Å². The van der Waals surface area contributed by atoms with Gasteiger partial charge >= 0.3 is 0 Å². The molecule has 0 radical (unpaired) electrons. The topological polar surface area (TPSA) is 81.4 Å². The van der Waals surface area contributed by atoms with Crippen LogP contribution in [0.4, 0.5) is 20.2 Å². The Morgan fingerprint density at radius 3 is 2.48 bits per heavy atom. The van der Waals surface area contributed by atoms with Crippen LogP contribution in [0.5, 0.6) is 5.75 Å². The van der Waals surface area contributed by atoms with E-state index in [2.05, 4.69) is 4.72 Å². The third kappa shape index (κ3) is 3.40. The molecule has 0 bridgehead atoms. The quantitative estimate of drug-likeness (QED) is 0.849. The first-order valence-electron chi connectivity index (χ1n) is 5.74. The van der Waals surface area contributed by atoms with Gasteiger partial charge in [0, 0.05) is 11.8 Å². The number of nitrogens with one attached hydrogen (secondary N) is 1. The SMILES string of the molecule is COc1cc(NS(=O)(=O)c2cc(N)cc(F)c2)ccc1F. The van der Waals surface area contributed by atoms with Crippen molar-refractivity contribution in [1.82, 2.24) is 0 Å². The van der Waals surface area contributed by atoms with Gasteiger partial charge in [0.25, 0.3) is 10.0 Å². The molecule has 0 saturated heterocycles. The molecule has 0 heterocycles. The summed E-state index contributed by atoms with van der Waals surface area (Å²) in [5.74, 6) is -1.52. The number of halogens is 2. The molecule has 0 aromatic heterocycles. The van der Waals surface area contributed by atoms with Crippen molar-refractivity contribution < 1.29 is 21.9 Å². The van der Waals surface area contributed by atoms with Gasteiger partial charge < -0.3 is 10.5 Å². The molecule has 0 fully saturated rings. The third-order valence-corrected chi connectivity index (χ3v) is 3.97. The highest BCUT2D eigenvalue weighted by atomic mass is 32.2. The van der Waals surface area contributed by atoms with Crippen LogP contribution in [0.3, 0.4) is 0 Å². The predicted octanol–water partition coefficient (Wildman–Crippen LogP) is 2.36. The number of anilines is 2. The Morgan fingerprint density at radius 1 is 1.14 bits per heavy atom. The molecule has 2 rings (SSSR count). The Kier molecular flexibility index (Phi) is 3.99. The summed E-state index contributed by atoms with van der Waals surface area (Å²) in [5, 5.41) is 0. The van der Waals surface area contributed by atoms with E-state index in [0.29, 0.717) is 0 Å². The Balaban J connectivity index is 2.37. The molecule has 0 aliphatic heterocycles. The maximum absolute atomic E-state index is 13.3. The van der Waals surface area contributed by atoms with Crippen LogP contribution in [0.2, 0.25) is 0 Å². The zero-order valence-corrected chi connectivity index (χ0v) is 11.7. The number of sulfonamides is 1. The lowest BCUT2D eigenvalue weighted by Crippen LogP contribution is -2.13. The van der Waals surface area contributed by atoms with Crippen LogP contribution < -0.4 is 15.2 Å². The average molecular weight is 314 g/mol. The van der Waals surface area contributed by atoms with Crippen molar-refractivity contribution >= 4 is 21.4 Å². The van der Waals surface area contributed by atoms with Gasteiger partial charge in [-0.25, -0.2) is 17.2 Å². The molecule has 0 amide bonds. The number of ether oxygens (including phenoxy) is 1. The molecule has 2 aromatic carbocycles. The number of hydrogen-bond donors (Lipinski definition) is 2. The van der Waals surface area contributed by atoms with Gasteiger partial charge in [-0.2, -0.15) is 0 Å². The minimum atomic E-state index is -4.04. The van der Waals surface area contributed by atoms with Crippen molar-refractivity contribution in [2.75, 3.05) is 17.6 Å². The van der Waals surface area contributed by atoms with Gasteiger partial charge in [0.05, 0.1) is 17.7 Å². The van der Waals surface area contributed by atoms with Crippen LogP contribution in [0.1, 0.15) is 0 Å². The van der Waals surface area contributed by atoms with Gasteiger partial charge in [-0.15, -0.1) is 0 Å². The zero-order valence-electron chi connectivity index (χ0n) is 10.9. The molecule has 8 heteroatoms. The molecule has 21 heavy (non-hydrogen) atoms. The molecule has 0 aliphatic rings. The Bertz CT molecular complexity index is 759. The van der Waals surface area contributed by atoms with E-state index in [1.165, 1.54) is 19.2 Å². The summed E-state index contributed by atoms with van der Waals surface area (Å²) in [7, 11) is -2.79. The van der Waals surface area contributed by atoms with E-state index in [0.717, 1.165) is 24.3 Å². The first kappa shape index (κ1) is 15.0. The second-order valence-corrected chi connectivity index (χ2v) is 5.86. The summed E-state index contributed by atoms with van der Waals surface area (Å²) < 4.78 is 57.7. The van der Waals surface area contributed by atoms with E-state index in [1.807, 2.05) is 0 Å².